The Morgan fingerprint density at radius 3 is 2.40 bits per heavy atom. The fraction of sp³-hybridized carbons (Fsp3) is 0.625. The first kappa shape index (κ1) is 14.3. The lowest BCUT2D eigenvalue weighted by Crippen LogP contribution is -2.30. The molecule has 1 aromatic heterocycles. The zero-order valence-electron chi connectivity index (χ0n) is 8.77. The molecule has 4 nitrogen and oxygen atoms in total. The molecule has 0 saturated carbocycles. The van der Waals surface area contributed by atoms with Crippen LogP contribution in [0.25, 0.3) is 0 Å². The number of hydrogen-bond acceptors (Lipinski definition) is 2. The highest BCUT2D eigenvalue weighted by molar-refractivity contribution is 7.44. The fourth-order valence-corrected chi connectivity index (χ4v) is 0.975. The molecule has 0 saturated heterocycles. The molecule has 0 N–H and O–H groups in total. The first-order valence-electron chi connectivity index (χ1n) is 4.54. The summed E-state index contributed by atoms with van der Waals surface area (Å²) in [5.74, 6) is 0. The molecule has 0 spiro atoms. The highest BCUT2D eigenvalue weighted by atomic mass is 31.2. The summed E-state index contributed by atoms with van der Waals surface area (Å²) in [7, 11) is -3.84. The van der Waals surface area contributed by atoms with E-state index in [1.54, 1.807) is 0 Å². The van der Waals surface area contributed by atoms with Crippen molar-refractivity contribution in [1.29, 1.82) is 0 Å². The van der Waals surface area contributed by atoms with E-state index >= 15 is 0 Å². The van der Waals surface area contributed by atoms with Crippen LogP contribution in [-0.4, -0.2) is 4.57 Å². The van der Waals surface area contributed by atoms with Gasteiger partial charge in [-0.25, -0.2) is 9.13 Å². The number of rotatable bonds is 3. The quantitative estimate of drug-likeness (QED) is 0.594. The number of aryl methyl sites for hydroxylation is 2. The molecule has 0 bridgehead atoms. The van der Waals surface area contributed by atoms with E-state index in [1.165, 1.54) is 12.8 Å². The van der Waals surface area contributed by atoms with Gasteiger partial charge in [-0.1, -0.05) is 13.3 Å². The third kappa shape index (κ3) is 11.2. The van der Waals surface area contributed by atoms with E-state index in [-0.39, 0.29) is 0 Å². The second-order valence-electron chi connectivity index (χ2n) is 3.08. The SMILES string of the molecule is CCCC[n+]1ccn(C)c1.O=P([O-])(F)F. The van der Waals surface area contributed by atoms with Gasteiger partial charge in [0.05, 0.1) is 13.6 Å². The third-order valence-electron chi connectivity index (χ3n) is 1.59. The van der Waals surface area contributed by atoms with Crippen LogP contribution in [0.15, 0.2) is 18.7 Å². The van der Waals surface area contributed by atoms with Gasteiger partial charge in [-0.05, 0) is 6.42 Å². The number of aromatic nitrogens is 2. The van der Waals surface area contributed by atoms with Crippen molar-refractivity contribution < 1.29 is 22.4 Å². The Labute approximate surface area is 87.9 Å². The molecular formula is C8H15F2N2O2P. The minimum absolute atomic E-state index is 1.15. The van der Waals surface area contributed by atoms with Gasteiger partial charge < -0.3 is 4.89 Å². The third-order valence-corrected chi connectivity index (χ3v) is 1.59. The highest BCUT2D eigenvalue weighted by Gasteiger charge is 1.96. The van der Waals surface area contributed by atoms with Crippen LogP contribution in [0.2, 0.25) is 0 Å². The van der Waals surface area contributed by atoms with Crippen LogP contribution in [0.1, 0.15) is 19.8 Å². The minimum Gasteiger partial charge on any atom is -0.749 e. The molecule has 7 heteroatoms. The summed E-state index contributed by atoms with van der Waals surface area (Å²) in [5, 5.41) is 0. The Morgan fingerprint density at radius 2 is 2.07 bits per heavy atom. The van der Waals surface area contributed by atoms with Crippen molar-refractivity contribution in [3.05, 3.63) is 18.7 Å². The molecule has 0 aliphatic carbocycles. The number of nitrogens with zero attached hydrogens (tertiary/aromatic N) is 2. The van der Waals surface area contributed by atoms with Gasteiger partial charge in [-0.15, -0.1) is 0 Å². The van der Waals surface area contributed by atoms with Crippen LogP contribution in [0.3, 0.4) is 0 Å². The smallest absolute Gasteiger partial charge is 0.345 e. The van der Waals surface area contributed by atoms with Crippen LogP contribution < -0.4 is 9.46 Å². The zero-order chi connectivity index (χ0) is 11.9. The average molecular weight is 240 g/mol. The maximum Gasteiger partial charge on any atom is 0.345 e. The van der Waals surface area contributed by atoms with Crippen molar-refractivity contribution in [3.8, 4) is 0 Å². The molecule has 0 unspecified atom stereocenters. The molecule has 0 aliphatic heterocycles. The topological polar surface area (TPSA) is 48.9 Å². The summed E-state index contributed by atoms with van der Waals surface area (Å²) in [6.45, 7) is 3.36. The predicted octanol–water partition coefficient (Wildman–Crippen LogP) is 1.51. The number of hydrogen-bond donors (Lipinski definition) is 0. The molecule has 88 valence electrons. The summed E-state index contributed by atoms with van der Waals surface area (Å²) < 4.78 is 32.6. The second-order valence-corrected chi connectivity index (χ2v) is 3.91. The summed E-state index contributed by atoms with van der Waals surface area (Å²) in [6, 6.07) is 0. The van der Waals surface area contributed by atoms with Gasteiger partial charge >= 0.3 is 7.99 Å². The van der Waals surface area contributed by atoms with E-state index < -0.39 is 7.99 Å². The summed E-state index contributed by atoms with van der Waals surface area (Å²) in [4.78, 5) is 8.33. The molecule has 15 heavy (non-hydrogen) atoms. The molecule has 0 aliphatic rings. The van der Waals surface area contributed by atoms with E-state index in [9.17, 15) is 8.39 Å². The van der Waals surface area contributed by atoms with Crippen molar-refractivity contribution in [1.82, 2.24) is 4.57 Å². The van der Waals surface area contributed by atoms with E-state index in [2.05, 4.69) is 34.8 Å². The lowest BCUT2D eigenvalue weighted by molar-refractivity contribution is -0.696. The van der Waals surface area contributed by atoms with Gasteiger partial charge in [0.15, 0.2) is 0 Å². The average Bonchev–Trinajstić information content (AvgIpc) is 2.45. The Balaban J connectivity index is 0.000000336. The van der Waals surface area contributed by atoms with Gasteiger partial charge in [0.1, 0.15) is 12.4 Å². The molecule has 0 amide bonds. The van der Waals surface area contributed by atoms with E-state index in [4.69, 9.17) is 9.46 Å². The Hall–Kier alpha value is -0.740. The van der Waals surface area contributed by atoms with E-state index in [0.29, 0.717) is 0 Å². The van der Waals surface area contributed by atoms with Gasteiger partial charge in [-0.2, -0.15) is 8.39 Å². The fourth-order valence-electron chi connectivity index (χ4n) is 0.975. The monoisotopic (exact) mass is 240 g/mol. The molecule has 0 fully saturated rings. The first-order valence-corrected chi connectivity index (χ1v) is 5.95. The van der Waals surface area contributed by atoms with Crippen molar-refractivity contribution in [2.45, 2.75) is 26.3 Å². The maximum absolute atomic E-state index is 10.0. The van der Waals surface area contributed by atoms with Crippen molar-refractivity contribution in [3.63, 3.8) is 0 Å². The van der Waals surface area contributed by atoms with Gasteiger partial charge in [-0.3, -0.25) is 4.57 Å². The molecular weight excluding hydrogens is 225 g/mol. The summed E-state index contributed by atoms with van der Waals surface area (Å²) in [5.41, 5.74) is 0. The molecule has 1 aromatic rings. The molecule has 0 atom stereocenters. The standard InChI is InChI=1S/C8H15N2.F2HO2P/c1-3-4-5-10-7-6-9(2)8-10;1-5(2,3)4/h6-8H,3-5H2,1-2H3;(H,3,4)/q+1;/p-1. The van der Waals surface area contributed by atoms with Gasteiger partial charge in [0.25, 0.3) is 0 Å². The Morgan fingerprint density at radius 1 is 1.53 bits per heavy atom. The van der Waals surface area contributed by atoms with Crippen molar-refractivity contribution >= 4 is 7.99 Å². The van der Waals surface area contributed by atoms with Gasteiger partial charge in [0.2, 0.25) is 6.33 Å². The minimum atomic E-state index is -5.89. The molecule has 1 rings (SSSR count). The van der Waals surface area contributed by atoms with Crippen molar-refractivity contribution in [2.24, 2.45) is 7.05 Å². The largest absolute Gasteiger partial charge is 0.749 e. The summed E-state index contributed by atoms with van der Waals surface area (Å²) >= 11 is 0. The predicted molar refractivity (Wildman–Crippen MR) is 50.3 cm³/mol. The lowest BCUT2D eigenvalue weighted by atomic mass is 10.3. The number of imidazole rings is 1. The first-order chi connectivity index (χ1) is 6.83. The Kier molecular flexibility index (Phi) is 6.36. The molecule has 1 heterocycles. The zero-order valence-corrected chi connectivity index (χ0v) is 9.66. The van der Waals surface area contributed by atoms with Crippen LogP contribution in [0.4, 0.5) is 8.39 Å². The second kappa shape index (κ2) is 6.69. The van der Waals surface area contributed by atoms with Gasteiger partial charge in [0, 0.05) is 0 Å². The van der Waals surface area contributed by atoms with Crippen LogP contribution in [-0.2, 0) is 18.2 Å². The van der Waals surface area contributed by atoms with E-state index in [0.717, 1.165) is 6.54 Å². The summed E-state index contributed by atoms with van der Waals surface area (Å²) in [6.07, 6.45) is 8.82. The maximum atomic E-state index is 10.0. The van der Waals surface area contributed by atoms with Crippen LogP contribution in [0, 0.1) is 0 Å². The lowest BCUT2D eigenvalue weighted by Gasteiger charge is -1.93. The molecule has 0 radical (unpaired) electrons. The molecule has 0 aromatic carbocycles. The van der Waals surface area contributed by atoms with E-state index in [1.807, 2.05) is 7.05 Å². The Bertz CT molecular complexity index is 316. The van der Waals surface area contributed by atoms with Crippen LogP contribution in [0.5, 0.6) is 0 Å². The van der Waals surface area contributed by atoms with Crippen molar-refractivity contribution in [2.75, 3.05) is 0 Å². The highest BCUT2D eigenvalue weighted by Crippen LogP contribution is 2.37. The number of unbranched alkanes of at least 4 members (excludes halogenated alkanes) is 1. The van der Waals surface area contributed by atoms with Crippen LogP contribution >= 0.6 is 7.99 Å². The number of halogens is 2. The normalized spacial score (nSPS) is 10.7.